The molecule has 0 saturated carbocycles. The highest BCUT2D eigenvalue weighted by Crippen LogP contribution is 2.23. The second kappa shape index (κ2) is 10.5. The van der Waals surface area contributed by atoms with Crippen LogP contribution in [0.1, 0.15) is 30.0 Å². The average molecular weight is 409 g/mol. The lowest BCUT2D eigenvalue weighted by atomic mass is 10.0. The maximum atomic E-state index is 12.8. The van der Waals surface area contributed by atoms with Crippen LogP contribution in [-0.2, 0) is 9.53 Å². The van der Waals surface area contributed by atoms with Crippen molar-refractivity contribution >= 4 is 17.7 Å². The van der Waals surface area contributed by atoms with Crippen molar-refractivity contribution in [3.8, 4) is 0 Å². The van der Waals surface area contributed by atoms with Crippen LogP contribution in [0.3, 0.4) is 0 Å². The summed E-state index contributed by atoms with van der Waals surface area (Å²) < 4.78 is 5.40. The predicted molar refractivity (Wildman–Crippen MR) is 116 cm³/mol. The number of ether oxygens (including phenoxy) is 1. The minimum atomic E-state index is -0.443. The Kier molecular flexibility index (Phi) is 7.57. The number of rotatable bonds is 9. The quantitative estimate of drug-likeness (QED) is 0.357. The first-order valence-corrected chi connectivity index (χ1v) is 10.1. The van der Waals surface area contributed by atoms with Gasteiger partial charge in [-0.15, -0.1) is 0 Å². The van der Waals surface area contributed by atoms with Crippen LogP contribution in [0.2, 0.25) is 0 Å². The van der Waals surface area contributed by atoms with Crippen molar-refractivity contribution in [1.82, 2.24) is 9.80 Å². The van der Waals surface area contributed by atoms with Crippen LogP contribution in [-0.4, -0.2) is 53.9 Å². The van der Waals surface area contributed by atoms with Crippen molar-refractivity contribution in [2.24, 2.45) is 0 Å². The zero-order chi connectivity index (χ0) is 21.3. The number of benzene rings is 2. The Morgan fingerprint density at radius 3 is 2.53 bits per heavy atom. The van der Waals surface area contributed by atoms with E-state index in [2.05, 4.69) is 4.90 Å². The fourth-order valence-electron chi connectivity index (χ4n) is 3.65. The summed E-state index contributed by atoms with van der Waals surface area (Å²) >= 11 is 0. The molecule has 0 aliphatic carbocycles. The molecular weight excluding hydrogens is 382 g/mol. The van der Waals surface area contributed by atoms with Crippen molar-refractivity contribution in [2.45, 2.75) is 18.9 Å². The van der Waals surface area contributed by atoms with Gasteiger partial charge in [0.1, 0.15) is 0 Å². The lowest BCUT2D eigenvalue weighted by molar-refractivity contribution is -0.385. The molecule has 0 N–H and O–H groups in total. The Balaban J connectivity index is 1.62. The molecule has 7 nitrogen and oxygen atoms in total. The molecule has 0 aromatic heterocycles. The number of amides is 1. The lowest BCUT2D eigenvalue weighted by Gasteiger charge is -2.32. The number of hydrogen-bond donors (Lipinski definition) is 0. The van der Waals surface area contributed by atoms with Crippen molar-refractivity contribution in [3.05, 3.63) is 82.1 Å². The third-order valence-corrected chi connectivity index (χ3v) is 5.36. The van der Waals surface area contributed by atoms with E-state index in [1.807, 2.05) is 30.3 Å². The van der Waals surface area contributed by atoms with Crippen molar-refractivity contribution in [2.75, 3.05) is 33.3 Å². The van der Waals surface area contributed by atoms with Gasteiger partial charge in [0.2, 0.25) is 0 Å². The molecule has 158 valence electrons. The van der Waals surface area contributed by atoms with Crippen LogP contribution >= 0.6 is 0 Å². The summed E-state index contributed by atoms with van der Waals surface area (Å²) in [5.41, 5.74) is 1.52. The van der Waals surface area contributed by atoms with E-state index < -0.39 is 4.92 Å². The Morgan fingerprint density at radius 1 is 1.17 bits per heavy atom. The number of para-hydroxylation sites is 1. The maximum absolute atomic E-state index is 12.8. The van der Waals surface area contributed by atoms with Gasteiger partial charge in [-0.25, -0.2) is 0 Å². The fraction of sp³-hybridized carbons (Fsp3) is 0.348. The molecule has 1 aliphatic heterocycles. The summed E-state index contributed by atoms with van der Waals surface area (Å²) in [6, 6.07) is 16.4. The summed E-state index contributed by atoms with van der Waals surface area (Å²) in [6.45, 7) is 2.77. The minimum absolute atomic E-state index is 0.00412. The molecule has 1 aliphatic rings. The second-order valence-electron chi connectivity index (χ2n) is 7.37. The second-order valence-corrected chi connectivity index (χ2v) is 7.37. The van der Waals surface area contributed by atoms with E-state index >= 15 is 0 Å². The van der Waals surface area contributed by atoms with E-state index in [4.69, 9.17) is 4.74 Å². The molecule has 0 radical (unpaired) electrons. The molecule has 1 unspecified atom stereocenters. The number of likely N-dealkylation sites (tertiary alicyclic amines) is 1. The number of likely N-dealkylation sites (N-methyl/N-ethyl adjacent to an activating group) is 1. The van der Waals surface area contributed by atoms with Gasteiger partial charge < -0.3 is 14.5 Å². The van der Waals surface area contributed by atoms with Crippen molar-refractivity contribution in [1.29, 1.82) is 0 Å². The van der Waals surface area contributed by atoms with Gasteiger partial charge in [-0.3, -0.25) is 14.9 Å². The fourth-order valence-corrected chi connectivity index (χ4v) is 3.65. The van der Waals surface area contributed by atoms with Gasteiger partial charge in [-0.2, -0.15) is 0 Å². The summed E-state index contributed by atoms with van der Waals surface area (Å²) in [6.07, 6.45) is 5.23. The molecule has 1 saturated heterocycles. The number of carbonyl (C=O) groups is 1. The number of nitro benzene ring substituents is 1. The molecule has 3 rings (SSSR count). The minimum Gasteiger partial charge on any atom is -0.491 e. The highest BCUT2D eigenvalue weighted by molar-refractivity contribution is 5.78. The van der Waals surface area contributed by atoms with Gasteiger partial charge in [0.25, 0.3) is 11.6 Å². The summed E-state index contributed by atoms with van der Waals surface area (Å²) in [4.78, 5) is 27.5. The average Bonchev–Trinajstić information content (AvgIpc) is 3.28. The third kappa shape index (κ3) is 5.67. The molecule has 2 aromatic carbocycles. The maximum Gasteiger partial charge on any atom is 0.276 e. The molecule has 1 atom stereocenters. The van der Waals surface area contributed by atoms with Crippen LogP contribution < -0.4 is 0 Å². The van der Waals surface area contributed by atoms with Crippen molar-refractivity contribution < 1.29 is 14.5 Å². The first-order valence-electron chi connectivity index (χ1n) is 10.1. The largest absolute Gasteiger partial charge is 0.491 e. The van der Waals surface area contributed by atoms with Gasteiger partial charge in [0.05, 0.1) is 22.8 Å². The molecule has 2 aromatic rings. The molecule has 1 fully saturated rings. The topological polar surface area (TPSA) is 75.9 Å². The normalized spacial score (nSPS) is 15.2. The number of nitro groups is 1. The van der Waals surface area contributed by atoms with Gasteiger partial charge in [0, 0.05) is 19.7 Å². The van der Waals surface area contributed by atoms with Crippen LogP contribution in [0.4, 0.5) is 5.69 Å². The Morgan fingerprint density at radius 2 is 1.83 bits per heavy atom. The monoisotopic (exact) mass is 409 g/mol. The zero-order valence-corrected chi connectivity index (χ0v) is 17.1. The van der Waals surface area contributed by atoms with E-state index in [1.54, 1.807) is 30.1 Å². The van der Waals surface area contributed by atoms with E-state index in [-0.39, 0.29) is 24.2 Å². The zero-order valence-electron chi connectivity index (χ0n) is 17.1. The smallest absolute Gasteiger partial charge is 0.276 e. The van der Waals surface area contributed by atoms with Crippen LogP contribution in [0.15, 0.2) is 60.9 Å². The first-order chi connectivity index (χ1) is 14.6. The Bertz CT molecular complexity index is 879. The molecule has 1 amide bonds. The van der Waals surface area contributed by atoms with Crippen LogP contribution in [0.5, 0.6) is 0 Å². The van der Waals surface area contributed by atoms with Crippen LogP contribution in [0.25, 0.3) is 6.08 Å². The SMILES string of the molecule is CN(C(=O)CO/C=C/c1ccccc1[N+](=O)[O-])C(CN1CCCC1)c1ccccc1. The first kappa shape index (κ1) is 21.5. The van der Waals surface area contributed by atoms with Crippen LogP contribution in [0, 0.1) is 10.1 Å². The number of hydrogen-bond acceptors (Lipinski definition) is 5. The van der Waals surface area contributed by atoms with Crippen molar-refractivity contribution in [3.63, 3.8) is 0 Å². The molecule has 1 heterocycles. The molecular formula is C23H27N3O4. The number of carbonyl (C=O) groups excluding carboxylic acids is 1. The molecule has 30 heavy (non-hydrogen) atoms. The summed E-state index contributed by atoms with van der Waals surface area (Å²) in [5, 5.41) is 11.1. The van der Waals surface area contributed by atoms with Gasteiger partial charge in [-0.05, 0) is 43.6 Å². The van der Waals surface area contributed by atoms with Gasteiger partial charge >= 0.3 is 0 Å². The Labute approximate surface area is 176 Å². The Hall–Kier alpha value is -3.19. The summed E-state index contributed by atoms with van der Waals surface area (Å²) in [7, 11) is 1.80. The molecule has 7 heteroatoms. The summed E-state index contributed by atoms with van der Waals surface area (Å²) in [5.74, 6) is -0.143. The standard InChI is InChI=1S/C23H27N3O4/c1-24(22(17-25-14-7-8-15-25)19-9-3-2-4-10-19)23(27)18-30-16-13-20-11-5-6-12-21(20)26(28)29/h2-6,9-13,16,22H,7-8,14-15,17-18H2,1H3/b16-13+. The number of nitrogens with zero attached hydrogens (tertiary/aromatic N) is 3. The molecule has 0 spiro atoms. The third-order valence-electron chi connectivity index (χ3n) is 5.36. The highest BCUT2D eigenvalue weighted by Gasteiger charge is 2.25. The van der Waals surface area contributed by atoms with Gasteiger partial charge in [-0.1, -0.05) is 42.5 Å². The highest BCUT2D eigenvalue weighted by atomic mass is 16.6. The van der Waals surface area contributed by atoms with E-state index in [0.717, 1.165) is 25.2 Å². The van der Waals surface area contributed by atoms with E-state index in [1.165, 1.54) is 31.2 Å². The van der Waals surface area contributed by atoms with E-state index in [9.17, 15) is 14.9 Å². The van der Waals surface area contributed by atoms with Gasteiger partial charge in [0.15, 0.2) is 6.61 Å². The molecule has 0 bridgehead atoms. The van der Waals surface area contributed by atoms with E-state index in [0.29, 0.717) is 5.56 Å². The predicted octanol–water partition coefficient (Wildman–Crippen LogP) is 3.88. The lowest BCUT2D eigenvalue weighted by Crippen LogP contribution is -2.39.